The van der Waals surface area contributed by atoms with Crippen LogP contribution in [0.15, 0.2) is 24.5 Å². The number of alkyl halides is 1. The molecule has 72 valence electrons. The van der Waals surface area contributed by atoms with Crippen LogP contribution in [-0.4, -0.2) is 9.38 Å². The Balaban J connectivity index is 2.25. The number of fused-ring (bicyclic) bond motifs is 1. The number of hydrogen-bond donors (Lipinski definition) is 0. The first-order chi connectivity index (χ1) is 6.69. The van der Waals surface area contributed by atoms with Crippen LogP contribution in [0.25, 0.3) is 5.65 Å². The topological polar surface area (TPSA) is 17.3 Å². The second kappa shape index (κ2) is 2.51. The molecule has 0 unspecified atom stereocenters. The first-order valence-corrected chi connectivity index (χ1v) is 5.21. The fourth-order valence-electron chi connectivity index (χ4n) is 1.74. The van der Waals surface area contributed by atoms with E-state index >= 15 is 0 Å². The molecule has 1 aliphatic carbocycles. The summed E-state index contributed by atoms with van der Waals surface area (Å²) < 4.78 is 2.05. The molecule has 0 amide bonds. The quantitative estimate of drug-likeness (QED) is 0.656. The van der Waals surface area contributed by atoms with E-state index in [1.54, 1.807) is 0 Å². The van der Waals surface area contributed by atoms with Crippen molar-refractivity contribution >= 4 is 17.2 Å². The molecular formula is C11H11ClN2. The third kappa shape index (κ3) is 1.07. The van der Waals surface area contributed by atoms with Gasteiger partial charge in [-0.1, -0.05) is 6.07 Å². The summed E-state index contributed by atoms with van der Waals surface area (Å²) in [5.41, 5.74) is 3.24. The van der Waals surface area contributed by atoms with Gasteiger partial charge in [0, 0.05) is 12.4 Å². The second-order valence-corrected chi connectivity index (χ2v) is 4.74. The molecule has 0 aliphatic heterocycles. The molecule has 1 saturated carbocycles. The molecule has 0 N–H and O–H groups in total. The van der Waals surface area contributed by atoms with Crippen molar-refractivity contribution < 1.29 is 0 Å². The predicted molar refractivity (Wildman–Crippen MR) is 56.7 cm³/mol. The molecule has 0 saturated heterocycles. The van der Waals surface area contributed by atoms with Crippen molar-refractivity contribution in [2.45, 2.75) is 24.6 Å². The van der Waals surface area contributed by atoms with Crippen molar-refractivity contribution in [1.82, 2.24) is 9.38 Å². The Labute approximate surface area is 87.5 Å². The fraction of sp³-hybridized carbons (Fsp3) is 0.364. The minimum Gasteiger partial charge on any atom is -0.307 e. The van der Waals surface area contributed by atoms with E-state index in [1.165, 1.54) is 5.56 Å². The van der Waals surface area contributed by atoms with Crippen LogP contribution < -0.4 is 0 Å². The van der Waals surface area contributed by atoms with Crippen LogP contribution in [0.3, 0.4) is 0 Å². The molecular weight excluding hydrogens is 196 g/mol. The minimum absolute atomic E-state index is 0.154. The van der Waals surface area contributed by atoms with Crippen LogP contribution in [0.1, 0.15) is 24.1 Å². The zero-order valence-electron chi connectivity index (χ0n) is 8.00. The normalized spacial score (nSPS) is 18.7. The molecule has 2 heterocycles. The van der Waals surface area contributed by atoms with E-state index in [9.17, 15) is 0 Å². The number of nitrogens with zero attached hydrogens (tertiary/aromatic N) is 2. The highest BCUT2D eigenvalue weighted by atomic mass is 35.5. The van der Waals surface area contributed by atoms with Gasteiger partial charge in [-0.3, -0.25) is 0 Å². The first kappa shape index (κ1) is 8.30. The number of aromatic nitrogens is 2. The van der Waals surface area contributed by atoms with Crippen molar-refractivity contribution in [2.75, 3.05) is 0 Å². The molecule has 0 spiro atoms. The summed E-state index contributed by atoms with van der Waals surface area (Å²) in [6.07, 6.45) is 6.17. The van der Waals surface area contributed by atoms with Crippen LogP contribution in [0.5, 0.6) is 0 Å². The average Bonchev–Trinajstić information content (AvgIpc) is 2.77. The molecule has 2 aromatic rings. The third-order valence-electron chi connectivity index (χ3n) is 2.83. The van der Waals surface area contributed by atoms with Gasteiger partial charge in [0.25, 0.3) is 0 Å². The predicted octanol–water partition coefficient (Wildman–Crippen LogP) is 2.87. The van der Waals surface area contributed by atoms with Crippen molar-refractivity contribution in [1.29, 1.82) is 0 Å². The summed E-state index contributed by atoms with van der Waals surface area (Å²) >= 11 is 6.32. The lowest BCUT2D eigenvalue weighted by Gasteiger charge is -1.97. The monoisotopic (exact) mass is 206 g/mol. The average molecular weight is 207 g/mol. The summed E-state index contributed by atoms with van der Waals surface area (Å²) in [6, 6.07) is 4.10. The zero-order valence-corrected chi connectivity index (χ0v) is 8.75. The van der Waals surface area contributed by atoms with E-state index in [-0.39, 0.29) is 4.87 Å². The smallest absolute Gasteiger partial charge is 0.140 e. The van der Waals surface area contributed by atoms with Crippen LogP contribution in [0, 0.1) is 6.92 Å². The molecule has 0 aromatic carbocycles. The molecule has 0 atom stereocenters. The zero-order chi connectivity index (χ0) is 9.76. The molecule has 0 radical (unpaired) electrons. The Morgan fingerprint density at radius 2 is 2.29 bits per heavy atom. The first-order valence-electron chi connectivity index (χ1n) is 4.83. The maximum atomic E-state index is 6.32. The molecule has 14 heavy (non-hydrogen) atoms. The molecule has 2 aromatic heterocycles. The highest BCUT2D eigenvalue weighted by Gasteiger charge is 2.44. The van der Waals surface area contributed by atoms with Gasteiger partial charge in [0.2, 0.25) is 0 Å². The lowest BCUT2D eigenvalue weighted by Crippen LogP contribution is -1.94. The van der Waals surface area contributed by atoms with Gasteiger partial charge in [-0.05, 0) is 31.4 Å². The van der Waals surface area contributed by atoms with Crippen LogP contribution in [0.4, 0.5) is 0 Å². The summed E-state index contributed by atoms with van der Waals surface area (Å²) in [5.74, 6) is 0. The molecule has 2 nitrogen and oxygen atoms in total. The number of rotatable bonds is 1. The van der Waals surface area contributed by atoms with Gasteiger partial charge >= 0.3 is 0 Å². The minimum atomic E-state index is -0.154. The standard InChI is InChI=1S/C11H11ClN2/c1-8-3-2-6-14-7-9(13-10(8)14)11(12)4-5-11/h2-3,6-7H,4-5H2,1H3. The maximum Gasteiger partial charge on any atom is 0.140 e. The van der Waals surface area contributed by atoms with Gasteiger partial charge in [-0.15, -0.1) is 11.6 Å². The molecule has 0 bridgehead atoms. The largest absolute Gasteiger partial charge is 0.307 e. The van der Waals surface area contributed by atoms with Crippen molar-refractivity contribution in [3.63, 3.8) is 0 Å². The highest BCUT2D eigenvalue weighted by molar-refractivity contribution is 6.25. The van der Waals surface area contributed by atoms with Crippen LogP contribution >= 0.6 is 11.6 Å². The lowest BCUT2D eigenvalue weighted by molar-refractivity contribution is 0.959. The summed E-state index contributed by atoms with van der Waals surface area (Å²) in [7, 11) is 0. The number of halogens is 1. The van der Waals surface area contributed by atoms with E-state index in [2.05, 4.69) is 18.0 Å². The van der Waals surface area contributed by atoms with E-state index in [4.69, 9.17) is 11.6 Å². The molecule has 1 fully saturated rings. The number of pyridine rings is 1. The summed E-state index contributed by atoms with van der Waals surface area (Å²) in [6.45, 7) is 2.07. The molecule has 3 heteroatoms. The number of aryl methyl sites for hydroxylation is 1. The lowest BCUT2D eigenvalue weighted by atomic mass is 10.3. The Kier molecular flexibility index (Phi) is 1.49. The maximum absolute atomic E-state index is 6.32. The third-order valence-corrected chi connectivity index (χ3v) is 3.40. The van der Waals surface area contributed by atoms with Gasteiger partial charge in [-0.2, -0.15) is 0 Å². The van der Waals surface area contributed by atoms with Gasteiger partial charge in [-0.25, -0.2) is 4.98 Å². The van der Waals surface area contributed by atoms with Crippen molar-refractivity contribution in [3.05, 3.63) is 35.8 Å². The molecule has 3 rings (SSSR count). The van der Waals surface area contributed by atoms with Crippen LogP contribution in [0.2, 0.25) is 0 Å². The van der Waals surface area contributed by atoms with E-state index in [1.807, 2.05) is 22.9 Å². The van der Waals surface area contributed by atoms with E-state index in [0.717, 1.165) is 24.2 Å². The fourth-order valence-corrected chi connectivity index (χ4v) is 1.92. The Morgan fingerprint density at radius 1 is 1.50 bits per heavy atom. The van der Waals surface area contributed by atoms with Crippen molar-refractivity contribution in [2.24, 2.45) is 0 Å². The Morgan fingerprint density at radius 3 is 2.93 bits per heavy atom. The van der Waals surface area contributed by atoms with Gasteiger partial charge in [0.15, 0.2) is 0 Å². The van der Waals surface area contributed by atoms with Gasteiger partial charge in [0.05, 0.1) is 10.6 Å². The van der Waals surface area contributed by atoms with Crippen LogP contribution in [-0.2, 0) is 4.87 Å². The van der Waals surface area contributed by atoms with Crippen molar-refractivity contribution in [3.8, 4) is 0 Å². The Bertz CT molecular complexity index is 497. The van der Waals surface area contributed by atoms with E-state index < -0.39 is 0 Å². The summed E-state index contributed by atoms with van der Waals surface area (Å²) in [5, 5.41) is 0. The van der Waals surface area contributed by atoms with Gasteiger partial charge < -0.3 is 4.40 Å². The van der Waals surface area contributed by atoms with E-state index in [0.29, 0.717) is 0 Å². The molecule has 1 aliphatic rings. The summed E-state index contributed by atoms with van der Waals surface area (Å²) in [4.78, 5) is 4.42. The Hall–Kier alpha value is -1.02. The second-order valence-electron chi connectivity index (χ2n) is 4.01. The number of hydrogen-bond acceptors (Lipinski definition) is 1. The van der Waals surface area contributed by atoms with Gasteiger partial charge in [0.1, 0.15) is 5.65 Å². The highest BCUT2D eigenvalue weighted by Crippen LogP contribution is 2.51. The number of imidazole rings is 1. The SMILES string of the molecule is Cc1cccn2cc(C3(Cl)CC3)nc12.